The molecule has 29 heteroatoms. The Bertz CT molecular complexity index is 6320. The fourth-order valence-corrected chi connectivity index (χ4v) is 16.4. The van der Waals surface area contributed by atoms with E-state index in [1.165, 1.54) is 54.7 Å². The summed E-state index contributed by atoms with van der Waals surface area (Å²) < 4.78 is 158. The number of aromatic amines is 2. The van der Waals surface area contributed by atoms with Crippen LogP contribution in [0.4, 0.5) is 54.1 Å². The molecule has 18 nitrogen and oxygen atoms in total. The van der Waals surface area contributed by atoms with Crippen LogP contribution in [0.15, 0.2) is 211 Å². The number of aromatic nitrogens is 10. The summed E-state index contributed by atoms with van der Waals surface area (Å²) in [5.41, 5.74) is 10.8. The molecule has 6 aromatic carbocycles. The molecule has 1 fully saturated rings. The molecule has 2 aliphatic carbocycles. The number of halogens is 11. The van der Waals surface area contributed by atoms with E-state index in [0.29, 0.717) is 73.4 Å². The molecular formula is C90H74F11N15O3. The number of pyridine rings is 4. The molecule has 2 aliphatic heterocycles. The van der Waals surface area contributed by atoms with Crippen LogP contribution in [0.25, 0.3) is 55.2 Å². The number of carbonyl (C=O) groups is 3. The molecule has 2 amide bonds. The van der Waals surface area contributed by atoms with Gasteiger partial charge in [-0.2, -0.15) is 19.0 Å². The number of alkyl halides is 4. The van der Waals surface area contributed by atoms with Crippen LogP contribution < -0.4 is 26.7 Å². The molecule has 0 radical (unpaired) electrons. The van der Waals surface area contributed by atoms with Crippen LogP contribution in [-0.2, 0) is 72.4 Å². The molecule has 1 saturated carbocycles. The summed E-state index contributed by atoms with van der Waals surface area (Å²) in [4.78, 5) is 73.4. The summed E-state index contributed by atoms with van der Waals surface area (Å²) in [5.74, 6) is -10.1. The second-order valence-electron chi connectivity index (χ2n) is 30.2. The van der Waals surface area contributed by atoms with E-state index in [2.05, 4.69) is 66.0 Å². The zero-order valence-electron chi connectivity index (χ0n) is 63.9. The van der Waals surface area contributed by atoms with Crippen molar-refractivity contribution in [3.05, 3.63) is 326 Å². The topological polar surface area (TPSA) is 231 Å². The highest BCUT2D eigenvalue weighted by Gasteiger charge is 2.67. The average molecular weight is 1620 g/mol. The van der Waals surface area contributed by atoms with E-state index in [0.717, 1.165) is 110 Å². The number of hydrogen-bond acceptors (Lipinski definition) is 12. The first-order chi connectivity index (χ1) is 57.4. The number of hydrogen-bond donors (Lipinski definition) is 5. The Labute approximate surface area is 672 Å². The largest absolute Gasteiger partial charge is 0.370 e. The lowest BCUT2D eigenvalue weighted by atomic mass is 9.86. The molecule has 10 heterocycles. The van der Waals surface area contributed by atoms with Crippen molar-refractivity contribution in [2.24, 2.45) is 23.0 Å². The summed E-state index contributed by atoms with van der Waals surface area (Å²) in [6.45, 7) is 2.27. The SMILES string of the molecule is Cc1cc(F)cc(C[C@H](NC(=O)Cc2c[nH]c3ccc(F)cc23)c2ncccc2-c2cnn(C)c2)c1.O=C(Cc1c[nH]c2ccc(F)cc12)C[C@@H](Cc1cc(F)cc(F)c1)c1ncccc1-c1ccc2c(c1)=NCN=2.O=C(Cn1nc(C(F)F)c2c1C(F)(F)C1CC21)N[C@@H](Cc1cc(F)cc(F)c1)c1ncccc1-c1cnc2c(c1)CCCN2. The summed E-state index contributed by atoms with van der Waals surface area (Å²) in [5, 5.41) is 20.0. The number of benzene rings is 6. The predicted molar refractivity (Wildman–Crippen MR) is 423 cm³/mol. The number of H-pyrrole nitrogens is 2. The van der Waals surface area contributed by atoms with Crippen molar-refractivity contribution in [3.8, 4) is 33.4 Å². The van der Waals surface area contributed by atoms with Crippen LogP contribution in [0, 0.1) is 53.6 Å². The lowest BCUT2D eigenvalue weighted by Gasteiger charge is -2.23. The molecule has 0 saturated heterocycles. The van der Waals surface area contributed by atoms with Crippen LogP contribution in [0.5, 0.6) is 0 Å². The number of carbonyl (C=O) groups excluding carboxylic acids is 3. The van der Waals surface area contributed by atoms with E-state index >= 15 is 8.78 Å². The van der Waals surface area contributed by atoms with Gasteiger partial charge in [-0.1, -0.05) is 30.3 Å². The van der Waals surface area contributed by atoms with Gasteiger partial charge in [0, 0.05) is 149 Å². The third kappa shape index (κ3) is 17.7. The number of nitrogens with one attached hydrogen (secondary N) is 5. The zero-order chi connectivity index (χ0) is 82.9. The smallest absolute Gasteiger partial charge is 0.293 e. The summed E-state index contributed by atoms with van der Waals surface area (Å²) in [6.07, 6.45) is 12.9. The van der Waals surface area contributed by atoms with Gasteiger partial charge < -0.3 is 25.9 Å². The lowest BCUT2D eigenvalue weighted by molar-refractivity contribution is -0.123. The molecule has 0 bridgehead atoms. The van der Waals surface area contributed by atoms with Gasteiger partial charge in [-0.25, -0.2) is 44.5 Å². The number of fused-ring (bicyclic) bond motifs is 7. The van der Waals surface area contributed by atoms with Crippen molar-refractivity contribution in [1.82, 2.24) is 60.1 Å². The van der Waals surface area contributed by atoms with Gasteiger partial charge in [-0.05, 0) is 205 Å². The van der Waals surface area contributed by atoms with Gasteiger partial charge in [-0.15, -0.1) is 0 Å². The van der Waals surface area contributed by atoms with Crippen LogP contribution in [0.2, 0.25) is 0 Å². The first kappa shape index (κ1) is 79.5. The third-order valence-corrected chi connectivity index (χ3v) is 21.7. The molecule has 0 spiro atoms. The van der Waals surface area contributed by atoms with E-state index in [9.17, 15) is 53.9 Å². The normalized spacial score (nSPS) is 15.3. The average Bonchev–Trinajstić information content (AvgIpc) is 1.52. The van der Waals surface area contributed by atoms with E-state index < -0.39 is 89.3 Å². The molecule has 4 aliphatic rings. The molecule has 8 aromatic heterocycles. The summed E-state index contributed by atoms with van der Waals surface area (Å²) in [6, 6.07) is 37.2. The lowest BCUT2D eigenvalue weighted by Crippen LogP contribution is -2.35. The van der Waals surface area contributed by atoms with Crippen molar-refractivity contribution in [2.75, 3.05) is 18.5 Å². The minimum absolute atomic E-state index is 0.0528. The number of anilines is 1. The second-order valence-corrected chi connectivity index (χ2v) is 30.2. The Morgan fingerprint density at radius 3 is 1.76 bits per heavy atom. The van der Waals surface area contributed by atoms with Crippen molar-refractivity contribution < 1.29 is 62.7 Å². The Morgan fingerprint density at radius 2 is 1.14 bits per heavy atom. The van der Waals surface area contributed by atoms with Crippen LogP contribution >= 0.6 is 0 Å². The van der Waals surface area contributed by atoms with Gasteiger partial charge in [-0.3, -0.25) is 48.7 Å². The Balaban J connectivity index is 0.000000134. The van der Waals surface area contributed by atoms with Crippen molar-refractivity contribution in [3.63, 3.8) is 0 Å². The fourth-order valence-electron chi connectivity index (χ4n) is 16.4. The maximum Gasteiger partial charge on any atom is 0.293 e. The van der Waals surface area contributed by atoms with E-state index in [-0.39, 0.29) is 78.8 Å². The quantitative estimate of drug-likeness (QED) is 0.0380. The van der Waals surface area contributed by atoms with Gasteiger partial charge in [0.15, 0.2) is 0 Å². The van der Waals surface area contributed by atoms with E-state index in [1.807, 2.05) is 74.8 Å². The molecule has 14 aromatic rings. The zero-order valence-corrected chi connectivity index (χ0v) is 63.9. The van der Waals surface area contributed by atoms with Crippen molar-refractivity contribution in [1.29, 1.82) is 0 Å². The Hall–Kier alpha value is -13.3. The maximum absolute atomic E-state index is 15.1. The number of rotatable bonds is 23. The standard InChI is InChI=1S/C31H26F6N6O.C31H23F3N4O.C28H25F2N5O/c32-18-7-15(8-19(33)11-18)9-23(26-20(4-2-5-38-26)17-10-16-3-1-6-39-30(16)40-13-17)41-24(44)14-43-28-25(27(42-43)29(34)35)21-12-22(21)31(28,36)37;32-22-4-6-28-27(15-22)21(16-36-28)12-25(39)11-20(8-18-9-23(33)14-24(34)10-18)31-26(2-1-7-35-31)19-3-5-29-30(13-19)38-17-37-29;1-17-8-18(10-22(30)9-17)11-26(28-23(4-3-7-31-28)20-15-33-35(2)16-20)34-27(36)12-19-14-32-25-6-5-21(29)13-24(19)25/h2,4-5,7-8,10-11,13,21-23,29H,1,3,6,9,12,14H2,(H,39,40)(H,41,44);1-7,9-10,13-16,20,36H,8,11-12,17H2;3-10,13-16,26,32H,11-12H2,1-2H3,(H,34,36)/t21?,22?,23-;20-;26-/m010/s1. The van der Waals surface area contributed by atoms with E-state index in [4.69, 9.17) is 0 Å². The van der Waals surface area contributed by atoms with Gasteiger partial charge >= 0.3 is 0 Å². The summed E-state index contributed by atoms with van der Waals surface area (Å²) in [7, 11) is 1.83. The number of ketones is 1. The molecule has 5 N–H and O–H groups in total. The van der Waals surface area contributed by atoms with Gasteiger partial charge in [0.2, 0.25) is 11.8 Å². The first-order valence-electron chi connectivity index (χ1n) is 38.5. The molecule has 604 valence electrons. The number of nitrogens with zero attached hydrogens (tertiary/aromatic N) is 10. The Kier molecular flexibility index (Phi) is 22.5. The number of amides is 2. The second kappa shape index (κ2) is 33.7. The van der Waals surface area contributed by atoms with Crippen molar-refractivity contribution in [2.45, 2.75) is 108 Å². The van der Waals surface area contributed by atoms with E-state index in [1.54, 1.807) is 66.1 Å². The van der Waals surface area contributed by atoms with Crippen LogP contribution in [0.1, 0.15) is 123 Å². The maximum atomic E-state index is 15.1. The first-order valence-corrected chi connectivity index (χ1v) is 38.5. The summed E-state index contributed by atoms with van der Waals surface area (Å²) >= 11 is 0. The molecule has 119 heavy (non-hydrogen) atoms. The third-order valence-electron chi connectivity index (χ3n) is 21.7. The highest BCUT2D eigenvalue weighted by molar-refractivity contribution is 5.91. The fraction of sp³-hybridized carbons (Fsp3) is 0.233. The van der Waals surface area contributed by atoms with Gasteiger partial charge in [0.25, 0.3) is 12.3 Å². The Morgan fingerprint density at radius 1 is 0.571 bits per heavy atom. The van der Waals surface area contributed by atoms with Crippen LogP contribution in [-0.4, -0.2) is 80.3 Å². The number of aryl methyl sites for hydroxylation is 3. The highest BCUT2D eigenvalue weighted by atomic mass is 19.3. The molecule has 18 rings (SSSR count). The molecule has 5 atom stereocenters. The highest BCUT2D eigenvalue weighted by Crippen LogP contribution is 2.68. The van der Waals surface area contributed by atoms with Gasteiger partial charge in [0.05, 0.1) is 52.5 Å². The monoisotopic (exact) mass is 1620 g/mol. The minimum Gasteiger partial charge on any atom is -0.370 e. The predicted octanol–water partition coefficient (Wildman–Crippen LogP) is 16.8. The van der Waals surface area contributed by atoms with Gasteiger partial charge in [0.1, 0.15) is 76.9 Å². The molecule has 2 unspecified atom stereocenters. The minimum atomic E-state index is -3.39. The van der Waals surface area contributed by atoms with Crippen LogP contribution in [0.3, 0.4) is 0 Å². The molecular weight excluding hydrogens is 1550 g/mol. The van der Waals surface area contributed by atoms with Crippen molar-refractivity contribution >= 4 is 45.2 Å². The number of Topliss-reactive ketones (excluding diaryl/α,β-unsaturated/α-hetero) is 1.